The normalized spacial score (nSPS) is 30.9. The van der Waals surface area contributed by atoms with Crippen molar-refractivity contribution in [1.29, 1.82) is 0 Å². The molecular formula is C16H20ClF3N2O4S. The highest BCUT2D eigenvalue weighted by Gasteiger charge is 2.41. The quantitative estimate of drug-likeness (QED) is 0.744. The zero-order valence-corrected chi connectivity index (χ0v) is 16.1. The number of allylic oxidation sites excluding steroid dienone is 2. The summed E-state index contributed by atoms with van der Waals surface area (Å²) in [7, 11) is -3.59. The molecule has 27 heavy (non-hydrogen) atoms. The predicted molar refractivity (Wildman–Crippen MR) is 93.6 cm³/mol. The topological polar surface area (TPSA) is 77.0 Å². The zero-order chi connectivity index (χ0) is 19.8. The van der Waals surface area contributed by atoms with Crippen molar-refractivity contribution in [2.75, 3.05) is 12.9 Å². The number of rotatable bonds is 4. The summed E-state index contributed by atoms with van der Waals surface area (Å²) in [6, 6.07) is 0. The minimum atomic E-state index is -4.14. The Kier molecular flexibility index (Phi) is 5.90. The van der Waals surface area contributed by atoms with Gasteiger partial charge >= 0.3 is 6.18 Å². The summed E-state index contributed by atoms with van der Waals surface area (Å²) >= 11 is 6.27. The summed E-state index contributed by atoms with van der Waals surface area (Å²) < 4.78 is 70.1. The Bertz CT molecular complexity index is 784. The first-order chi connectivity index (χ1) is 12.5. The molecule has 3 rings (SSSR count). The minimum absolute atomic E-state index is 0.0754. The number of amidine groups is 1. The van der Waals surface area contributed by atoms with E-state index in [-0.39, 0.29) is 31.4 Å². The van der Waals surface area contributed by atoms with Crippen LogP contribution in [0.25, 0.3) is 0 Å². The molecule has 1 unspecified atom stereocenters. The number of fused-ring (bicyclic) bond motifs is 1. The first-order valence-electron chi connectivity index (χ1n) is 8.52. The Labute approximate surface area is 160 Å². The Balaban J connectivity index is 1.60. The van der Waals surface area contributed by atoms with Gasteiger partial charge in [0.05, 0.1) is 24.9 Å². The lowest BCUT2D eigenvalue weighted by molar-refractivity contribution is -0.187. The van der Waals surface area contributed by atoms with Crippen LogP contribution in [0, 0.1) is 5.92 Å². The van der Waals surface area contributed by atoms with Crippen LogP contribution in [0.15, 0.2) is 26.7 Å². The van der Waals surface area contributed by atoms with Crippen LogP contribution < -0.4 is 5.48 Å². The molecule has 0 radical (unpaired) electrons. The van der Waals surface area contributed by atoms with Gasteiger partial charge < -0.3 is 4.74 Å². The largest absolute Gasteiger partial charge is 0.391 e. The molecule has 0 spiro atoms. The highest BCUT2D eigenvalue weighted by molar-refractivity contribution is 7.89. The van der Waals surface area contributed by atoms with Crippen LogP contribution >= 0.6 is 11.6 Å². The molecule has 2 aliphatic carbocycles. The fourth-order valence-corrected chi connectivity index (χ4v) is 4.14. The van der Waals surface area contributed by atoms with Gasteiger partial charge in [-0.1, -0.05) is 11.6 Å². The summed E-state index contributed by atoms with van der Waals surface area (Å²) in [5.74, 6) is -1.14. The maximum Gasteiger partial charge on any atom is 0.391 e. The maximum absolute atomic E-state index is 12.7. The van der Waals surface area contributed by atoms with E-state index in [0.717, 1.165) is 11.8 Å². The number of alkyl halides is 3. The average molecular weight is 429 g/mol. The molecule has 1 atom stereocenters. The number of nitrogens with one attached hydrogen (secondary N) is 1. The predicted octanol–water partition coefficient (Wildman–Crippen LogP) is 3.21. The van der Waals surface area contributed by atoms with E-state index in [2.05, 4.69) is 9.88 Å². The summed E-state index contributed by atoms with van der Waals surface area (Å²) in [4.78, 5) is 5.35. The molecule has 3 aliphatic rings. The smallest absolute Gasteiger partial charge is 0.374 e. The van der Waals surface area contributed by atoms with Gasteiger partial charge in [-0.05, 0) is 37.3 Å². The van der Waals surface area contributed by atoms with Gasteiger partial charge in [0.2, 0.25) is 0 Å². The van der Waals surface area contributed by atoms with Crippen LogP contribution in [0.2, 0.25) is 0 Å². The second-order valence-electron chi connectivity index (χ2n) is 6.96. The van der Waals surface area contributed by atoms with Crippen molar-refractivity contribution < 1.29 is 31.2 Å². The number of nitrogens with zero attached hydrogens (tertiary/aromatic N) is 1. The molecule has 0 aromatic rings. The fourth-order valence-electron chi connectivity index (χ4n) is 3.41. The van der Waals surface area contributed by atoms with E-state index in [4.69, 9.17) is 21.2 Å². The van der Waals surface area contributed by atoms with E-state index in [9.17, 15) is 21.6 Å². The van der Waals surface area contributed by atoms with Crippen molar-refractivity contribution in [3.05, 3.63) is 22.3 Å². The summed E-state index contributed by atoms with van der Waals surface area (Å²) in [5.41, 5.74) is 3.79. The Morgan fingerprint density at radius 3 is 2.59 bits per heavy atom. The van der Waals surface area contributed by atoms with Gasteiger partial charge in [-0.15, -0.1) is 4.40 Å². The monoisotopic (exact) mass is 428 g/mol. The van der Waals surface area contributed by atoms with Crippen molar-refractivity contribution >= 4 is 27.5 Å². The first kappa shape index (κ1) is 20.6. The Morgan fingerprint density at radius 1 is 1.33 bits per heavy atom. The molecule has 1 N–H and O–H groups in total. The van der Waals surface area contributed by atoms with Crippen LogP contribution in [0.3, 0.4) is 0 Å². The molecule has 0 amide bonds. The molecule has 1 aliphatic heterocycles. The molecular weight excluding hydrogens is 409 g/mol. The van der Waals surface area contributed by atoms with E-state index in [1.807, 2.05) is 0 Å². The van der Waals surface area contributed by atoms with Crippen molar-refractivity contribution in [1.82, 2.24) is 5.48 Å². The van der Waals surface area contributed by atoms with Crippen LogP contribution in [0.4, 0.5) is 13.2 Å². The maximum atomic E-state index is 12.7. The Morgan fingerprint density at radius 2 is 2.00 bits per heavy atom. The van der Waals surface area contributed by atoms with Crippen molar-refractivity contribution in [2.24, 2.45) is 10.3 Å². The minimum Gasteiger partial charge on any atom is -0.374 e. The van der Waals surface area contributed by atoms with Crippen LogP contribution in [-0.2, 0) is 19.6 Å². The lowest BCUT2D eigenvalue weighted by Crippen LogP contribution is -2.31. The molecule has 2 fully saturated rings. The zero-order valence-electron chi connectivity index (χ0n) is 14.6. The van der Waals surface area contributed by atoms with Gasteiger partial charge in [-0.2, -0.15) is 13.2 Å². The highest BCUT2D eigenvalue weighted by atomic mass is 35.5. The third-order valence-corrected chi connectivity index (χ3v) is 5.75. The molecule has 6 nitrogen and oxygen atoms in total. The van der Waals surface area contributed by atoms with E-state index in [1.165, 1.54) is 0 Å². The third kappa shape index (κ3) is 5.24. The summed E-state index contributed by atoms with van der Waals surface area (Å²) in [6.45, 7) is 0.197. The SMILES string of the molecule is CS(=O)(=O)N=C1NOC2CC(COC3CCC(C(F)(F)F)CC3)=C(Cl)C=C12. The number of hydroxylamine groups is 1. The van der Waals surface area contributed by atoms with Crippen molar-refractivity contribution in [3.8, 4) is 0 Å². The molecule has 0 bridgehead atoms. The molecule has 1 heterocycles. The standard InChI is InChI=1S/C16H20ClF3N2O4S/c1-27(23,24)22-15-12-7-13(17)9(6-14(12)26-21-15)8-25-11-4-2-10(3-5-11)16(18,19)20/h7,10-11,14H,2-6,8H2,1H3,(H,21,22). The molecule has 0 aromatic carbocycles. The molecule has 0 aromatic heterocycles. The second-order valence-corrected chi connectivity index (χ2v) is 9.02. The van der Waals surface area contributed by atoms with E-state index >= 15 is 0 Å². The summed E-state index contributed by atoms with van der Waals surface area (Å²) in [5, 5.41) is 0.402. The van der Waals surface area contributed by atoms with Gasteiger partial charge in [-0.25, -0.2) is 13.9 Å². The van der Waals surface area contributed by atoms with Gasteiger partial charge in [-0.3, -0.25) is 4.84 Å². The van der Waals surface area contributed by atoms with E-state index < -0.39 is 28.2 Å². The van der Waals surface area contributed by atoms with Crippen LogP contribution in [0.5, 0.6) is 0 Å². The molecule has 152 valence electrons. The van der Waals surface area contributed by atoms with Gasteiger partial charge in [0, 0.05) is 17.0 Å². The van der Waals surface area contributed by atoms with E-state index in [0.29, 0.717) is 29.9 Å². The lowest BCUT2D eigenvalue weighted by Gasteiger charge is -2.30. The molecule has 1 saturated carbocycles. The van der Waals surface area contributed by atoms with Gasteiger partial charge in [0.15, 0.2) is 5.84 Å². The number of hydrogen-bond donors (Lipinski definition) is 1. The molecule has 1 saturated heterocycles. The first-order valence-corrected chi connectivity index (χ1v) is 10.7. The summed E-state index contributed by atoms with van der Waals surface area (Å²) in [6.07, 6.45) is -0.980. The van der Waals surface area contributed by atoms with Gasteiger partial charge in [0.1, 0.15) is 6.10 Å². The van der Waals surface area contributed by atoms with Crippen molar-refractivity contribution in [3.63, 3.8) is 0 Å². The number of halogens is 4. The van der Waals surface area contributed by atoms with Gasteiger partial charge in [0.25, 0.3) is 10.0 Å². The molecule has 11 heteroatoms. The highest BCUT2D eigenvalue weighted by Crippen LogP contribution is 2.39. The van der Waals surface area contributed by atoms with Crippen molar-refractivity contribution in [2.45, 2.75) is 50.5 Å². The fraction of sp³-hybridized carbons (Fsp3) is 0.688. The number of hydrogen-bond acceptors (Lipinski definition) is 4. The average Bonchev–Trinajstić information content (AvgIpc) is 2.92. The van der Waals surface area contributed by atoms with Crippen LogP contribution in [0.1, 0.15) is 32.1 Å². The third-order valence-electron chi connectivity index (χ3n) is 4.86. The van der Waals surface area contributed by atoms with E-state index in [1.54, 1.807) is 6.08 Å². The van der Waals surface area contributed by atoms with Crippen LogP contribution in [-0.4, -0.2) is 45.5 Å². The second kappa shape index (κ2) is 7.73. The number of sulfonamides is 1. The Hall–Kier alpha value is -1.10. The number of ether oxygens (including phenoxy) is 1. The lowest BCUT2D eigenvalue weighted by atomic mass is 9.87.